The number of carbonyl (C=O) groups excluding carboxylic acids is 1. The summed E-state index contributed by atoms with van der Waals surface area (Å²) in [5.41, 5.74) is 3.16. The van der Waals surface area contributed by atoms with E-state index in [0.29, 0.717) is 5.69 Å². The molecule has 7 heteroatoms. The van der Waals surface area contributed by atoms with E-state index in [1.807, 2.05) is 13.0 Å². The SMILES string of the molecule is C[C@@H]([NH2+][C@@H]1CCCc2ccccc21)C(=O)Nc1cccc(S(=O)(=O)N(C)C)c1. The summed E-state index contributed by atoms with van der Waals surface area (Å²) < 4.78 is 25.7. The number of quaternary nitrogens is 1. The van der Waals surface area contributed by atoms with Gasteiger partial charge in [-0.2, -0.15) is 0 Å². The zero-order valence-electron chi connectivity index (χ0n) is 16.6. The van der Waals surface area contributed by atoms with Crippen LogP contribution < -0.4 is 10.6 Å². The number of sulfonamides is 1. The van der Waals surface area contributed by atoms with Crippen LogP contribution in [0.1, 0.15) is 36.9 Å². The number of nitrogens with one attached hydrogen (secondary N) is 1. The van der Waals surface area contributed by atoms with Crippen molar-refractivity contribution in [1.29, 1.82) is 0 Å². The van der Waals surface area contributed by atoms with E-state index in [1.165, 1.54) is 37.4 Å². The molecular formula is C21H28N3O3S+. The van der Waals surface area contributed by atoms with Crippen molar-refractivity contribution in [3.05, 3.63) is 59.7 Å². The molecule has 0 bridgehead atoms. The van der Waals surface area contributed by atoms with Crippen LogP contribution in [0.25, 0.3) is 0 Å². The standard InChI is InChI=1S/C21H27N3O3S/c1-15(22-20-13-6-9-16-8-4-5-12-19(16)20)21(25)23-17-10-7-11-18(14-17)28(26,27)24(2)3/h4-5,7-8,10-12,14-15,20,22H,6,9,13H2,1-3H3,(H,23,25)/p+1/t15-,20-/m1/s1. The highest BCUT2D eigenvalue weighted by Gasteiger charge is 2.27. The Bertz CT molecular complexity index is 957. The van der Waals surface area contributed by atoms with E-state index in [4.69, 9.17) is 0 Å². The lowest BCUT2D eigenvalue weighted by atomic mass is 9.87. The number of aryl methyl sites for hydroxylation is 1. The van der Waals surface area contributed by atoms with Crippen molar-refractivity contribution in [3.63, 3.8) is 0 Å². The maximum Gasteiger partial charge on any atom is 0.282 e. The van der Waals surface area contributed by atoms with E-state index in [-0.39, 0.29) is 22.9 Å². The first-order valence-corrected chi connectivity index (χ1v) is 11.0. The summed E-state index contributed by atoms with van der Waals surface area (Å²) in [5.74, 6) is -0.137. The van der Waals surface area contributed by atoms with Gasteiger partial charge in [-0.25, -0.2) is 12.7 Å². The molecular weight excluding hydrogens is 374 g/mol. The topological polar surface area (TPSA) is 83.1 Å². The number of hydrogen-bond donors (Lipinski definition) is 2. The molecule has 1 aliphatic carbocycles. The van der Waals surface area contributed by atoms with Gasteiger partial charge in [0, 0.05) is 31.8 Å². The van der Waals surface area contributed by atoms with Crippen molar-refractivity contribution in [2.24, 2.45) is 0 Å². The van der Waals surface area contributed by atoms with Gasteiger partial charge < -0.3 is 10.6 Å². The van der Waals surface area contributed by atoms with Crippen LogP contribution >= 0.6 is 0 Å². The summed E-state index contributed by atoms with van der Waals surface area (Å²) in [4.78, 5) is 12.9. The Kier molecular flexibility index (Phi) is 6.17. The Balaban J connectivity index is 1.69. The molecule has 0 saturated heterocycles. The van der Waals surface area contributed by atoms with Gasteiger partial charge >= 0.3 is 0 Å². The first-order chi connectivity index (χ1) is 13.3. The van der Waals surface area contributed by atoms with E-state index in [0.717, 1.165) is 23.6 Å². The van der Waals surface area contributed by atoms with Crippen LogP contribution in [0.2, 0.25) is 0 Å². The van der Waals surface area contributed by atoms with Crippen LogP contribution in [-0.2, 0) is 21.2 Å². The van der Waals surface area contributed by atoms with E-state index < -0.39 is 10.0 Å². The van der Waals surface area contributed by atoms with Crippen LogP contribution in [0.5, 0.6) is 0 Å². The van der Waals surface area contributed by atoms with Gasteiger partial charge in [0.2, 0.25) is 10.0 Å². The third-order valence-corrected chi connectivity index (χ3v) is 7.04. The Labute approximate surface area is 167 Å². The molecule has 0 fully saturated rings. The molecule has 2 aromatic rings. The molecule has 3 N–H and O–H groups in total. The van der Waals surface area contributed by atoms with Crippen molar-refractivity contribution in [1.82, 2.24) is 4.31 Å². The van der Waals surface area contributed by atoms with Crippen molar-refractivity contribution < 1.29 is 18.5 Å². The van der Waals surface area contributed by atoms with Gasteiger partial charge in [-0.3, -0.25) is 4.79 Å². The largest absolute Gasteiger partial charge is 0.330 e. The number of carbonyl (C=O) groups is 1. The lowest BCUT2D eigenvalue weighted by Crippen LogP contribution is -2.92. The Morgan fingerprint density at radius 1 is 1.18 bits per heavy atom. The van der Waals surface area contributed by atoms with Crippen molar-refractivity contribution in [3.8, 4) is 0 Å². The van der Waals surface area contributed by atoms with Crippen molar-refractivity contribution in [2.75, 3.05) is 19.4 Å². The molecule has 0 aliphatic heterocycles. The van der Waals surface area contributed by atoms with Gasteiger partial charge in [-0.15, -0.1) is 0 Å². The number of anilines is 1. The summed E-state index contributed by atoms with van der Waals surface area (Å²) in [6.07, 6.45) is 3.26. The molecule has 0 radical (unpaired) electrons. The predicted octanol–water partition coefficient (Wildman–Crippen LogP) is 1.90. The number of nitrogens with two attached hydrogens (primary N) is 1. The molecule has 0 spiro atoms. The predicted molar refractivity (Wildman–Crippen MR) is 109 cm³/mol. The second kappa shape index (κ2) is 8.43. The fraction of sp³-hybridized carbons (Fsp3) is 0.381. The molecule has 0 aromatic heterocycles. The Morgan fingerprint density at radius 3 is 2.68 bits per heavy atom. The minimum absolute atomic E-state index is 0.137. The summed E-state index contributed by atoms with van der Waals surface area (Å²) >= 11 is 0. The molecule has 28 heavy (non-hydrogen) atoms. The van der Waals surface area contributed by atoms with Gasteiger partial charge in [0.1, 0.15) is 6.04 Å². The second-order valence-electron chi connectivity index (χ2n) is 7.48. The van der Waals surface area contributed by atoms with Crippen LogP contribution in [0.3, 0.4) is 0 Å². The number of nitrogens with zero attached hydrogens (tertiary/aromatic N) is 1. The second-order valence-corrected chi connectivity index (χ2v) is 9.64. The van der Waals surface area contributed by atoms with Gasteiger partial charge in [0.05, 0.1) is 4.90 Å². The molecule has 2 aromatic carbocycles. The van der Waals surface area contributed by atoms with Crippen LogP contribution in [0.15, 0.2) is 53.4 Å². The minimum Gasteiger partial charge on any atom is -0.330 e. The maximum atomic E-state index is 12.7. The van der Waals surface area contributed by atoms with Gasteiger partial charge in [-0.1, -0.05) is 30.3 Å². The minimum atomic E-state index is -3.54. The number of hydrogen-bond acceptors (Lipinski definition) is 3. The molecule has 3 rings (SSSR count). The van der Waals surface area contributed by atoms with Gasteiger partial charge in [-0.05, 0) is 43.5 Å². The molecule has 1 amide bonds. The highest BCUT2D eigenvalue weighted by molar-refractivity contribution is 7.89. The molecule has 0 unspecified atom stereocenters. The van der Waals surface area contributed by atoms with Crippen molar-refractivity contribution in [2.45, 2.75) is 43.2 Å². The van der Waals surface area contributed by atoms with Crippen LogP contribution in [0.4, 0.5) is 5.69 Å². The van der Waals surface area contributed by atoms with Gasteiger partial charge in [0.15, 0.2) is 6.04 Å². The number of rotatable bonds is 6. The van der Waals surface area contributed by atoms with E-state index in [9.17, 15) is 13.2 Å². The molecule has 0 saturated carbocycles. The monoisotopic (exact) mass is 402 g/mol. The first-order valence-electron chi connectivity index (χ1n) is 9.55. The fourth-order valence-corrected chi connectivity index (χ4v) is 4.58. The maximum absolute atomic E-state index is 12.7. The third-order valence-electron chi connectivity index (χ3n) is 5.23. The molecule has 150 valence electrons. The van der Waals surface area contributed by atoms with E-state index in [1.54, 1.807) is 12.1 Å². The first kappa shape index (κ1) is 20.5. The summed E-state index contributed by atoms with van der Waals surface area (Å²) in [6.45, 7) is 1.88. The smallest absolute Gasteiger partial charge is 0.282 e. The van der Waals surface area contributed by atoms with Crippen LogP contribution in [-0.4, -0.2) is 38.8 Å². The lowest BCUT2D eigenvalue weighted by Gasteiger charge is -2.26. The zero-order valence-corrected chi connectivity index (χ0v) is 17.4. The Hall–Kier alpha value is -2.22. The van der Waals surface area contributed by atoms with Gasteiger partial charge in [0.25, 0.3) is 5.91 Å². The Morgan fingerprint density at radius 2 is 1.93 bits per heavy atom. The van der Waals surface area contributed by atoms with Crippen molar-refractivity contribution >= 4 is 21.6 Å². The molecule has 2 atom stereocenters. The zero-order chi connectivity index (χ0) is 20.3. The quantitative estimate of drug-likeness (QED) is 0.774. The van der Waals surface area contributed by atoms with E-state index >= 15 is 0 Å². The average Bonchev–Trinajstić information content (AvgIpc) is 2.68. The summed E-state index contributed by atoms with van der Waals surface area (Å²) in [6, 6.07) is 14.8. The molecule has 6 nitrogen and oxygen atoms in total. The average molecular weight is 403 g/mol. The molecule has 1 aliphatic rings. The highest BCUT2D eigenvalue weighted by Crippen LogP contribution is 2.26. The fourth-order valence-electron chi connectivity index (χ4n) is 3.63. The number of fused-ring (bicyclic) bond motifs is 1. The molecule has 0 heterocycles. The highest BCUT2D eigenvalue weighted by atomic mass is 32.2. The van der Waals surface area contributed by atoms with Crippen LogP contribution in [0, 0.1) is 0 Å². The normalized spacial score (nSPS) is 17.8. The summed E-state index contributed by atoms with van der Waals surface area (Å²) in [7, 11) is -0.566. The summed E-state index contributed by atoms with van der Waals surface area (Å²) in [5, 5.41) is 4.96. The number of benzene rings is 2. The number of amides is 1. The lowest BCUT2D eigenvalue weighted by molar-refractivity contribution is -0.714. The third kappa shape index (κ3) is 4.43. The van der Waals surface area contributed by atoms with E-state index in [2.05, 4.69) is 28.8 Å².